The Morgan fingerprint density at radius 3 is 2.46 bits per heavy atom. The standard InChI is InChI=1S/C8H10ClNO3/c9-1-7-8(13)6(4-12)5(3-11)2-10-7/h2,11-13H,1,3-4H2. The smallest absolute Gasteiger partial charge is 0.144 e. The van der Waals surface area contributed by atoms with Crippen molar-refractivity contribution in [3.05, 3.63) is 23.0 Å². The SMILES string of the molecule is OCc1cnc(CCl)c(O)c1CO. The molecule has 13 heavy (non-hydrogen) atoms. The van der Waals surface area contributed by atoms with Crippen molar-refractivity contribution in [2.24, 2.45) is 0 Å². The first-order valence-electron chi connectivity index (χ1n) is 3.70. The molecule has 1 aromatic rings. The van der Waals surface area contributed by atoms with E-state index in [-0.39, 0.29) is 30.4 Å². The molecule has 4 nitrogen and oxygen atoms in total. The fourth-order valence-corrected chi connectivity index (χ4v) is 1.23. The summed E-state index contributed by atoms with van der Waals surface area (Å²) in [5.41, 5.74) is 1.00. The molecular formula is C8H10ClNO3. The van der Waals surface area contributed by atoms with Crippen molar-refractivity contribution in [1.82, 2.24) is 4.98 Å². The van der Waals surface area contributed by atoms with E-state index in [1.54, 1.807) is 0 Å². The maximum atomic E-state index is 9.48. The van der Waals surface area contributed by atoms with Gasteiger partial charge in [-0.2, -0.15) is 0 Å². The molecule has 1 heterocycles. The number of nitrogens with zero attached hydrogens (tertiary/aromatic N) is 1. The Bertz CT molecular complexity index is 304. The maximum absolute atomic E-state index is 9.48. The zero-order chi connectivity index (χ0) is 9.84. The Balaban J connectivity index is 3.23. The Kier molecular flexibility index (Phi) is 3.48. The largest absolute Gasteiger partial charge is 0.506 e. The van der Waals surface area contributed by atoms with E-state index in [0.29, 0.717) is 11.3 Å². The molecule has 1 rings (SSSR count). The van der Waals surface area contributed by atoms with E-state index >= 15 is 0 Å². The van der Waals surface area contributed by atoms with E-state index in [4.69, 9.17) is 21.8 Å². The van der Waals surface area contributed by atoms with Gasteiger partial charge in [0, 0.05) is 17.3 Å². The normalized spacial score (nSPS) is 10.4. The number of aromatic hydroxyl groups is 1. The van der Waals surface area contributed by atoms with E-state index in [1.807, 2.05) is 0 Å². The summed E-state index contributed by atoms with van der Waals surface area (Å²) in [5, 5.41) is 27.2. The predicted molar refractivity (Wildman–Crippen MR) is 47.3 cm³/mol. The van der Waals surface area contributed by atoms with Gasteiger partial charge in [0.2, 0.25) is 0 Å². The molecule has 0 aliphatic heterocycles. The van der Waals surface area contributed by atoms with Crippen molar-refractivity contribution < 1.29 is 15.3 Å². The minimum absolute atomic E-state index is 0.0740. The second-order valence-electron chi connectivity index (χ2n) is 2.51. The first-order valence-corrected chi connectivity index (χ1v) is 4.24. The third kappa shape index (κ3) is 1.91. The first-order chi connectivity index (χ1) is 6.24. The van der Waals surface area contributed by atoms with Gasteiger partial charge >= 0.3 is 0 Å². The lowest BCUT2D eigenvalue weighted by Crippen LogP contribution is -1.99. The van der Waals surface area contributed by atoms with Gasteiger partial charge in [-0.3, -0.25) is 4.98 Å². The number of aromatic nitrogens is 1. The summed E-state index contributed by atoms with van der Waals surface area (Å²) in [4.78, 5) is 3.82. The number of alkyl halides is 1. The van der Waals surface area contributed by atoms with Gasteiger partial charge in [-0.15, -0.1) is 11.6 Å². The monoisotopic (exact) mass is 203 g/mol. The molecule has 0 spiro atoms. The van der Waals surface area contributed by atoms with E-state index in [1.165, 1.54) is 6.20 Å². The minimum atomic E-state index is -0.339. The van der Waals surface area contributed by atoms with Crippen LogP contribution >= 0.6 is 11.6 Å². The lowest BCUT2D eigenvalue weighted by Gasteiger charge is -2.08. The lowest BCUT2D eigenvalue weighted by molar-refractivity contribution is 0.254. The van der Waals surface area contributed by atoms with Crippen molar-refractivity contribution >= 4 is 11.6 Å². The van der Waals surface area contributed by atoms with Crippen molar-refractivity contribution in [1.29, 1.82) is 0 Å². The third-order valence-electron chi connectivity index (χ3n) is 1.78. The van der Waals surface area contributed by atoms with Crippen molar-refractivity contribution in [2.45, 2.75) is 19.1 Å². The topological polar surface area (TPSA) is 73.6 Å². The van der Waals surface area contributed by atoms with Crippen LogP contribution in [0.5, 0.6) is 5.75 Å². The van der Waals surface area contributed by atoms with Crippen LogP contribution in [0.2, 0.25) is 0 Å². The molecule has 0 radical (unpaired) electrons. The van der Waals surface area contributed by atoms with Gasteiger partial charge in [0.25, 0.3) is 0 Å². The highest BCUT2D eigenvalue weighted by molar-refractivity contribution is 6.17. The van der Waals surface area contributed by atoms with Crippen LogP contribution in [-0.4, -0.2) is 20.3 Å². The number of aliphatic hydroxyl groups is 2. The minimum Gasteiger partial charge on any atom is -0.506 e. The quantitative estimate of drug-likeness (QED) is 0.626. The summed E-state index contributed by atoms with van der Waals surface area (Å²) in [7, 11) is 0. The van der Waals surface area contributed by atoms with Crippen LogP contribution in [0.25, 0.3) is 0 Å². The maximum Gasteiger partial charge on any atom is 0.144 e. The highest BCUT2D eigenvalue weighted by atomic mass is 35.5. The summed E-state index contributed by atoms with van der Waals surface area (Å²) in [5.74, 6) is -0.0612. The van der Waals surface area contributed by atoms with Crippen LogP contribution in [0.1, 0.15) is 16.8 Å². The molecule has 0 amide bonds. The zero-order valence-electron chi connectivity index (χ0n) is 6.87. The van der Waals surface area contributed by atoms with E-state index < -0.39 is 0 Å². The van der Waals surface area contributed by atoms with E-state index in [2.05, 4.69) is 4.98 Å². The highest BCUT2D eigenvalue weighted by Crippen LogP contribution is 2.25. The van der Waals surface area contributed by atoms with Gasteiger partial charge in [0.15, 0.2) is 0 Å². The molecular weight excluding hydrogens is 194 g/mol. The molecule has 0 aromatic carbocycles. The average Bonchev–Trinajstić information content (AvgIpc) is 2.17. The van der Waals surface area contributed by atoms with Crippen LogP contribution in [0, 0.1) is 0 Å². The molecule has 72 valence electrons. The fraction of sp³-hybridized carbons (Fsp3) is 0.375. The molecule has 5 heteroatoms. The molecule has 0 unspecified atom stereocenters. The molecule has 0 saturated carbocycles. The average molecular weight is 204 g/mol. The number of rotatable bonds is 3. The number of aliphatic hydroxyl groups excluding tert-OH is 2. The summed E-state index contributed by atoms with van der Waals surface area (Å²) in [6, 6.07) is 0. The van der Waals surface area contributed by atoms with Gasteiger partial charge in [0.05, 0.1) is 24.8 Å². The molecule has 0 saturated heterocycles. The van der Waals surface area contributed by atoms with Crippen LogP contribution < -0.4 is 0 Å². The zero-order valence-corrected chi connectivity index (χ0v) is 7.62. The van der Waals surface area contributed by atoms with E-state index in [9.17, 15) is 5.11 Å². The Morgan fingerprint density at radius 2 is 2.00 bits per heavy atom. The fourth-order valence-electron chi connectivity index (χ4n) is 1.03. The summed E-state index contributed by atoms with van der Waals surface area (Å²) < 4.78 is 0. The summed E-state index contributed by atoms with van der Waals surface area (Å²) in [6.45, 7) is -0.604. The first kappa shape index (κ1) is 10.2. The Labute approximate surface area is 80.4 Å². The van der Waals surface area contributed by atoms with Crippen LogP contribution in [-0.2, 0) is 19.1 Å². The molecule has 0 aliphatic carbocycles. The number of halogens is 1. The molecule has 0 bridgehead atoms. The van der Waals surface area contributed by atoms with Crippen molar-refractivity contribution in [3.8, 4) is 5.75 Å². The summed E-state index contributed by atoms with van der Waals surface area (Å²) in [6.07, 6.45) is 1.39. The van der Waals surface area contributed by atoms with Crippen LogP contribution in [0.3, 0.4) is 0 Å². The predicted octanol–water partition coefficient (Wildman–Crippen LogP) is 0.511. The molecule has 3 N–H and O–H groups in total. The summed E-state index contributed by atoms with van der Waals surface area (Å²) >= 11 is 5.49. The number of hydrogen-bond donors (Lipinski definition) is 3. The second-order valence-corrected chi connectivity index (χ2v) is 2.77. The molecule has 0 aliphatic rings. The Hall–Kier alpha value is -0.840. The van der Waals surface area contributed by atoms with Crippen LogP contribution in [0.4, 0.5) is 0 Å². The van der Waals surface area contributed by atoms with Gasteiger partial charge in [-0.1, -0.05) is 0 Å². The molecule has 0 fully saturated rings. The number of pyridine rings is 1. The molecule has 0 atom stereocenters. The number of hydrogen-bond acceptors (Lipinski definition) is 4. The second kappa shape index (κ2) is 4.41. The lowest BCUT2D eigenvalue weighted by atomic mass is 10.1. The van der Waals surface area contributed by atoms with Gasteiger partial charge in [-0.05, 0) is 0 Å². The highest BCUT2D eigenvalue weighted by Gasteiger charge is 2.11. The van der Waals surface area contributed by atoms with Crippen molar-refractivity contribution in [2.75, 3.05) is 0 Å². The Morgan fingerprint density at radius 1 is 1.31 bits per heavy atom. The van der Waals surface area contributed by atoms with E-state index in [0.717, 1.165) is 0 Å². The molecule has 1 aromatic heterocycles. The van der Waals surface area contributed by atoms with Gasteiger partial charge in [-0.25, -0.2) is 0 Å². The van der Waals surface area contributed by atoms with Crippen molar-refractivity contribution in [3.63, 3.8) is 0 Å². The van der Waals surface area contributed by atoms with Gasteiger partial charge in [0.1, 0.15) is 5.75 Å². The van der Waals surface area contributed by atoms with Gasteiger partial charge < -0.3 is 15.3 Å². The third-order valence-corrected chi connectivity index (χ3v) is 2.03. The van der Waals surface area contributed by atoms with Crippen LogP contribution in [0.15, 0.2) is 6.20 Å².